The molecule has 2 amide bonds. The van der Waals surface area contributed by atoms with Gasteiger partial charge < -0.3 is 53.2 Å². The number of imide groups is 1. The van der Waals surface area contributed by atoms with E-state index >= 15 is 0 Å². The largest absolute Gasteiger partial charge is 0.508 e. The van der Waals surface area contributed by atoms with Gasteiger partial charge in [0.15, 0.2) is 0 Å². The molecule has 1 heterocycles. The maximum absolute atomic E-state index is 12.9. The van der Waals surface area contributed by atoms with Crippen molar-refractivity contribution in [1.82, 2.24) is 5.06 Å². The lowest BCUT2D eigenvalue weighted by Crippen LogP contribution is -2.46. The van der Waals surface area contributed by atoms with Crippen LogP contribution in [0, 0.1) is 69.0 Å². The van der Waals surface area contributed by atoms with E-state index in [2.05, 4.69) is 93.4 Å². The number of aliphatic hydroxyl groups excluding tert-OH is 2. The Morgan fingerprint density at radius 3 is 1.06 bits per heavy atom. The van der Waals surface area contributed by atoms with Crippen molar-refractivity contribution in [2.75, 3.05) is 40.6 Å². The van der Waals surface area contributed by atoms with Crippen molar-refractivity contribution < 1.29 is 96.4 Å². The molecule has 8 fully saturated rings. The predicted octanol–water partition coefficient (Wildman–Crippen LogP) is 19.7. The molecule has 18 rings (SSSR count). The summed E-state index contributed by atoms with van der Waals surface area (Å²) in [5.41, 5.74) is 10.2. The number of aromatic hydroxyl groups is 1. The van der Waals surface area contributed by atoms with Crippen molar-refractivity contribution in [3.8, 4) is 23.0 Å². The number of hydroxylamine groups is 2. The smallest absolute Gasteiger partial charge is 0.308 e. The number of esters is 6. The summed E-state index contributed by atoms with van der Waals surface area (Å²) in [4.78, 5) is 101. The van der Waals surface area contributed by atoms with E-state index in [1.165, 1.54) is 74.9 Å². The maximum atomic E-state index is 12.9. The molecule has 5 aromatic rings. The van der Waals surface area contributed by atoms with Crippen LogP contribution in [-0.4, -0.2) is 139 Å². The summed E-state index contributed by atoms with van der Waals surface area (Å²) in [6.07, 6.45) is 20.4. The lowest BCUT2D eigenvalue weighted by Gasteiger charge is -2.51. The highest BCUT2D eigenvalue weighted by molar-refractivity contribution is 14.1. The van der Waals surface area contributed by atoms with Gasteiger partial charge in [0, 0.05) is 102 Å². The van der Waals surface area contributed by atoms with Gasteiger partial charge >= 0.3 is 35.8 Å². The summed E-state index contributed by atoms with van der Waals surface area (Å²) in [5.74, 6) is 6.10. The number of hydrogen-bond donors (Lipinski definition) is 3. The first-order valence-corrected chi connectivity index (χ1v) is 52.4. The number of nitrogens with zero attached hydrogens (tertiary/aromatic N) is 1. The second-order valence-electron chi connectivity index (χ2n) is 40.4. The summed E-state index contributed by atoms with van der Waals surface area (Å²) < 4.78 is 44.3. The number of carbonyl (C=O) groups excluding carboxylic acids is 8. The zero-order valence-electron chi connectivity index (χ0n) is 75.4. The van der Waals surface area contributed by atoms with Gasteiger partial charge in [-0.15, -0.1) is 26.9 Å². The number of ether oxygens (including phenoxy) is 8. The van der Waals surface area contributed by atoms with Crippen molar-refractivity contribution >= 4 is 75.0 Å². The van der Waals surface area contributed by atoms with Gasteiger partial charge in [-0.2, -0.15) is 0 Å². The maximum Gasteiger partial charge on any atom is 0.308 e. The molecule has 21 nitrogen and oxygen atoms in total. The quantitative estimate of drug-likeness (QED) is 0.0177. The Kier molecular flexibility index (Phi) is 28.2. The van der Waals surface area contributed by atoms with E-state index in [1.807, 2.05) is 48.5 Å². The highest BCUT2D eigenvalue weighted by Crippen LogP contribution is 2.68. The van der Waals surface area contributed by atoms with Crippen molar-refractivity contribution in [2.24, 2.45) is 69.0 Å². The van der Waals surface area contributed by atoms with E-state index < -0.39 is 23.4 Å². The minimum Gasteiger partial charge on any atom is -0.508 e. The van der Waals surface area contributed by atoms with Gasteiger partial charge in [-0.1, -0.05) is 83.7 Å². The number of carbonyl (C=O) groups is 8. The second kappa shape index (κ2) is 37.7. The van der Waals surface area contributed by atoms with Crippen molar-refractivity contribution in [2.45, 2.75) is 289 Å². The van der Waals surface area contributed by atoms with Gasteiger partial charge in [0.05, 0.1) is 37.1 Å². The van der Waals surface area contributed by atoms with Crippen LogP contribution < -0.4 is 14.2 Å². The number of fused-ring (bicyclic) bond motifs is 21. The number of halogens is 1. The van der Waals surface area contributed by atoms with Gasteiger partial charge in [0.25, 0.3) is 11.8 Å². The number of phenols is 1. The third-order valence-corrected chi connectivity index (χ3v) is 32.1. The summed E-state index contributed by atoms with van der Waals surface area (Å²) >= 11 is 2.52. The molecule has 13 aliphatic rings. The van der Waals surface area contributed by atoms with Gasteiger partial charge in [-0.25, -0.2) is 0 Å². The van der Waals surface area contributed by atoms with Crippen LogP contribution in [0.15, 0.2) is 97.1 Å². The predicted molar refractivity (Wildman–Crippen MR) is 480 cm³/mol. The Morgan fingerprint density at radius 1 is 0.411 bits per heavy atom. The molecule has 1 aliphatic heterocycles. The zero-order valence-corrected chi connectivity index (χ0v) is 78.5. The third kappa shape index (κ3) is 18.8. The van der Waals surface area contributed by atoms with E-state index in [4.69, 9.17) is 42.7 Å². The lowest BCUT2D eigenvalue weighted by molar-refractivity contribution is -0.155. The fourth-order valence-corrected chi connectivity index (χ4v) is 27.0. The van der Waals surface area contributed by atoms with Crippen LogP contribution in [0.25, 0.3) is 0 Å². The summed E-state index contributed by atoms with van der Waals surface area (Å²) in [7, 11) is 3.51. The second-order valence-corrected chi connectivity index (χ2v) is 54.3. The van der Waals surface area contributed by atoms with Crippen molar-refractivity contribution in [3.05, 3.63) is 153 Å². The number of phenolic OH excluding ortho intramolecular Hbond substituents is 1. The fourth-order valence-electron chi connectivity index (χ4n) is 27.0. The molecular weight excluding hydrogens is 1700 g/mol. The van der Waals surface area contributed by atoms with Crippen molar-refractivity contribution in [3.63, 3.8) is 0 Å². The van der Waals surface area contributed by atoms with E-state index in [-0.39, 0.29) is 101 Å². The Morgan fingerprint density at radius 2 is 0.718 bits per heavy atom. The molecule has 5 aromatic carbocycles. The number of methoxy groups -OCH3 is 2. The number of rotatable bonds is 14. The Bertz CT molecular complexity index is 4770. The number of benzene rings is 5. The fraction of sp³-hybridized carbons (Fsp3) is 0.624. The van der Waals surface area contributed by atoms with Gasteiger partial charge in [0.1, 0.15) is 46.9 Å². The lowest BCUT2D eigenvalue weighted by atomic mass is 9.54. The van der Waals surface area contributed by atoms with Crippen LogP contribution in [-0.2, 0) is 57.3 Å². The average molecular weight is 1840 g/mol. The summed E-state index contributed by atoms with van der Waals surface area (Å²) in [5, 5.41) is 31.4. The third-order valence-electron chi connectivity index (χ3n) is 32.1. The first-order valence-electron chi connectivity index (χ1n) is 45.8. The molecule has 0 aromatic heterocycles. The minimum atomic E-state index is -0.641. The van der Waals surface area contributed by atoms with Crippen molar-refractivity contribution in [1.29, 1.82) is 0 Å². The molecular formula is C101H132INO20Si. The normalized spacial score (nSPS) is 34.3. The zero-order chi connectivity index (χ0) is 89.0. The van der Waals surface area contributed by atoms with Gasteiger partial charge in [0.2, 0.25) is 0 Å². The Balaban J connectivity index is 0.000000134. The first-order chi connectivity index (χ1) is 58.9. The summed E-state index contributed by atoms with van der Waals surface area (Å²) in [6, 6.07) is 30.5. The Hall–Kier alpha value is -7.39. The highest BCUT2D eigenvalue weighted by atomic mass is 127. The Labute approximate surface area is 746 Å². The molecule has 3 N–H and O–H groups in total. The minimum absolute atomic E-state index is 0.0104. The molecule has 0 spiro atoms. The van der Waals surface area contributed by atoms with E-state index in [0.29, 0.717) is 130 Å². The van der Waals surface area contributed by atoms with Gasteiger partial charge in [-0.05, 0) is 310 Å². The number of amides is 2. The molecule has 124 heavy (non-hydrogen) atoms. The van der Waals surface area contributed by atoms with E-state index in [9.17, 15) is 53.7 Å². The van der Waals surface area contributed by atoms with Gasteiger partial charge in [-0.3, -0.25) is 43.2 Å². The first kappa shape index (κ1) is 92.8. The SMILES string of the molecule is CC(=O)Oc1ccc2c(c1)[C@H](CO)C[C@@H]1[C@@H]2CC[C@]2(C)C(OC(C)=O)CC[C@@H]12.CC(=O)Oc1ccc2c(c1)[C@H](CON1C(=O)c3ccccc3C1=O)C[C@@H]1[C@@H]2CC[C@]2(C)C(OC(C)=O)CC[C@@H]12.COC[C@@H]1C[C@@H]2[C@H](CC[C@]3(C)C(O)CC[C@@H]23)c2ccc(O)cc21.COC[C@@H]1C[C@@H]2[C@H](CC[C@]3(C)C(OC(C)=O)CC[C@@H]23)c2ccc(OC(C)=O)cc21.C[Si](C)(C)I. The highest BCUT2D eigenvalue weighted by Gasteiger charge is 2.62. The number of hydrogen-bond acceptors (Lipinski definition) is 20. The molecule has 8 saturated carbocycles. The molecule has 23 heteroatoms. The van der Waals surface area contributed by atoms with Crippen LogP contribution in [0.2, 0.25) is 19.6 Å². The molecule has 24 atom stereocenters. The van der Waals surface area contributed by atoms with Crippen LogP contribution >= 0.6 is 21.8 Å². The molecule has 12 aliphatic carbocycles. The average Bonchev–Trinajstić information content (AvgIpc) is 1.48. The summed E-state index contributed by atoms with van der Waals surface area (Å²) in [6.45, 7) is 26.5. The molecule has 0 radical (unpaired) electrons. The van der Waals surface area contributed by atoms with Crippen LogP contribution in [0.4, 0.5) is 0 Å². The van der Waals surface area contributed by atoms with Crippen LogP contribution in [0.3, 0.4) is 0 Å². The standard InChI is InChI=1S/C31H33NO7.C24H32O5.C23H30O5.C20H28O3.C3H9ISi/c1-17(33)38-20-8-9-21-22-12-13-31(3)27(10-11-28(31)39-18(2)34)26(22)14-19(25(21)15-20)16-37-32-29(35)23-6-4-5-7-24(23)30(32)36;1-14(25)28-17-5-6-18-19-9-10-24(3)22(7-8-23(24)29-15(2)26)21(19)11-16(13-27-4)20(18)12-17;1-13(25)27-16-4-5-17-18-8-9-23(3)21(6-7-22(23)28-14(2)26)20(18)10-15(12-24)19(17)11-16;1-20-8-7-15-14-4-3-13(21)10-16(14)12(11-23-2)9-17(15)18(20)5-6-19(20)22;1-5(2,3)4/h4-9,15,19,22,26-28H,10-14,16H2,1-3H3;5-6,12,16,19,21-23H,7-11,13H2,1-4H3;4-5,11,15,18,20-22,24H,6-10,12H2,1-3H3;3-4,10,12,15,17-19,21-22H,5-9,11H2,1-2H3;1-3H3/t19-,22+,26+,27-,28?,31-;16-,19+,21+,22-,23?,24-;15-,18+,20+,21-,22?,23-;12-,15+,17+,18-,19?,20-;/m0000./s1. The van der Waals surface area contributed by atoms with Crippen LogP contribution in [0.1, 0.15) is 310 Å². The monoisotopic (exact) mass is 1830 g/mol. The van der Waals surface area contributed by atoms with E-state index in [0.717, 1.165) is 145 Å². The molecule has 672 valence electrons. The molecule has 4 unspecified atom stereocenters. The molecule has 0 saturated heterocycles. The topological polar surface area (TPSA) is 284 Å². The molecule has 0 bridgehead atoms. The van der Waals surface area contributed by atoms with Crippen LogP contribution in [0.5, 0.6) is 23.0 Å². The van der Waals surface area contributed by atoms with E-state index in [1.54, 1.807) is 38.5 Å². The number of aliphatic hydroxyl groups is 2.